The zero-order valence-electron chi connectivity index (χ0n) is 25.2. The van der Waals surface area contributed by atoms with Gasteiger partial charge < -0.3 is 26.2 Å². The summed E-state index contributed by atoms with van der Waals surface area (Å²) in [5.41, 5.74) is 14.4. The Morgan fingerprint density at radius 2 is 1.24 bits per heavy atom. The van der Waals surface area contributed by atoms with E-state index in [1.54, 1.807) is 13.8 Å². The molecule has 0 spiro atoms. The summed E-state index contributed by atoms with van der Waals surface area (Å²) in [6, 6.07) is 19.0. The summed E-state index contributed by atoms with van der Waals surface area (Å²) >= 11 is 0. The van der Waals surface area contributed by atoms with Crippen LogP contribution in [0.2, 0.25) is 0 Å². The number of rotatable bonds is 9. The third kappa shape index (κ3) is 6.83. The molecule has 0 aliphatic heterocycles. The predicted molar refractivity (Wildman–Crippen MR) is 171 cm³/mol. The number of esters is 1. The highest BCUT2D eigenvalue weighted by Crippen LogP contribution is 2.17. The molecule has 15 heteroatoms. The molecule has 0 radical (unpaired) electrons. The topological polar surface area (TPSA) is 223 Å². The first-order chi connectivity index (χ1) is 22.2. The van der Waals surface area contributed by atoms with E-state index in [-0.39, 0.29) is 59.9 Å². The number of ether oxygens (including phenoxy) is 1. The van der Waals surface area contributed by atoms with Crippen molar-refractivity contribution in [1.29, 1.82) is 0 Å². The number of nitrogen functional groups attached to an aromatic ring is 2. The molecule has 0 aliphatic carbocycles. The highest BCUT2D eigenvalue weighted by atomic mass is 16.5. The van der Waals surface area contributed by atoms with Crippen LogP contribution in [0.1, 0.15) is 47.8 Å². The van der Waals surface area contributed by atoms with Gasteiger partial charge in [-0.2, -0.15) is 0 Å². The van der Waals surface area contributed by atoms with Crippen molar-refractivity contribution in [3.05, 3.63) is 104 Å². The van der Waals surface area contributed by atoms with Gasteiger partial charge in [0, 0.05) is 6.42 Å². The molecule has 236 valence electrons. The number of aromatic amines is 2. The number of carbonyl (C=O) groups excluding carboxylic acids is 2. The van der Waals surface area contributed by atoms with E-state index in [1.807, 2.05) is 60.7 Å². The predicted octanol–water partition coefficient (Wildman–Crippen LogP) is 2.20. The summed E-state index contributed by atoms with van der Waals surface area (Å²) in [6.07, 6.45) is 0.178. The number of H-pyrrole nitrogens is 2. The van der Waals surface area contributed by atoms with E-state index in [0.717, 1.165) is 11.1 Å². The fourth-order valence-electron chi connectivity index (χ4n) is 4.68. The summed E-state index contributed by atoms with van der Waals surface area (Å²) in [5, 5.41) is 0. The van der Waals surface area contributed by atoms with Gasteiger partial charge in [0.25, 0.3) is 0 Å². The van der Waals surface area contributed by atoms with E-state index in [2.05, 4.69) is 29.9 Å². The largest absolute Gasteiger partial charge is 0.466 e. The van der Waals surface area contributed by atoms with Gasteiger partial charge in [0.1, 0.15) is 23.3 Å². The first-order valence-corrected chi connectivity index (χ1v) is 14.5. The molecule has 6 aromatic rings. The van der Waals surface area contributed by atoms with Gasteiger partial charge in [-0.3, -0.25) is 18.7 Å². The number of imidazole rings is 2. The maximum atomic E-state index is 12.2. The molecule has 0 saturated carbocycles. The fourth-order valence-corrected chi connectivity index (χ4v) is 4.68. The summed E-state index contributed by atoms with van der Waals surface area (Å²) in [4.78, 5) is 69.7. The van der Waals surface area contributed by atoms with Crippen LogP contribution in [0.4, 0.5) is 11.6 Å². The SMILES string of the molecule is CCC(=O)c1nc(N)c2[nH]c(=O)n(Cc3ccccc3)c2n1.CCOC(=O)Cc1nc(N)c2[nH]c(=O)n(Cc3ccccc3)c2n1. The number of hydrogen-bond acceptors (Lipinski definition) is 11. The van der Waals surface area contributed by atoms with Crippen molar-refractivity contribution in [3.63, 3.8) is 0 Å². The van der Waals surface area contributed by atoms with Gasteiger partial charge in [-0.15, -0.1) is 0 Å². The second kappa shape index (κ2) is 13.7. The zero-order chi connectivity index (χ0) is 32.8. The van der Waals surface area contributed by atoms with Gasteiger partial charge in [-0.25, -0.2) is 29.5 Å². The van der Waals surface area contributed by atoms with Gasteiger partial charge in [-0.1, -0.05) is 67.6 Å². The Bertz CT molecular complexity index is 2130. The van der Waals surface area contributed by atoms with Crippen LogP contribution < -0.4 is 22.8 Å². The Labute approximate surface area is 261 Å². The molecular weight excluding hydrogens is 592 g/mol. The Balaban J connectivity index is 0.000000182. The number of ketones is 1. The standard InChI is InChI=1S/C16H17N5O3.C15H15N5O2/c1-2-24-12(22)8-11-18-14(17)13-15(19-11)21(16(23)20-13)9-10-6-4-3-5-7-10;1-2-10(21)13-18-12(16)11-14(19-13)20(15(22)17-11)8-9-6-4-3-5-7-9/h3-7H,2,8-9H2,1H3,(H,20,23)(H2,17,18,19);3-7H,2,8H2,1H3,(H,17,22)(H2,16,18,19). The average Bonchev–Trinajstić information content (AvgIpc) is 3.54. The first kappa shape index (κ1) is 31.3. The summed E-state index contributed by atoms with van der Waals surface area (Å²) < 4.78 is 7.82. The minimum atomic E-state index is -0.441. The fraction of sp³-hybridized carbons (Fsp3) is 0.226. The molecule has 0 aliphatic rings. The minimum absolute atomic E-state index is 0.0355. The molecule has 6 rings (SSSR count). The number of nitrogens with zero attached hydrogens (tertiary/aromatic N) is 6. The number of benzene rings is 2. The van der Waals surface area contributed by atoms with E-state index < -0.39 is 5.97 Å². The molecule has 6 N–H and O–H groups in total. The van der Waals surface area contributed by atoms with Gasteiger partial charge in [-0.05, 0) is 18.1 Å². The quantitative estimate of drug-likeness (QED) is 0.135. The van der Waals surface area contributed by atoms with E-state index >= 15 is 0 Å². The van der Waals surface area contributed by atoms with Crippen LogP contribution in [-0.4, -0.2) is 57.4 Å². The van der Waals surface area contributed by atoms with Crippen LogP contribution in [0, 0.1) is 0 Å². The van der Waals surface area contributed by atoms with Gasteiger partial charge in [0.15, 0.2) is 34.5 Å². The molecule has 0 atom stereocenters. The molecule has 15 nitrogen and oxygen atoms in total. The number of hydrogen-bond donors (Lipinski definition) is 4. The van der Waals surface area contributed by atoms with Gasteiger partial charge >= 0.3 is 17.3 Å². The van der Waals surface area contributed by atoms with Crippen molar-refractivity contribution >= 4 is 45.7 Å². The van der Waals surface area contributed by atoms with Gasteiger partial charge in [0.05, 0.1) is 19.7 Å². The molecule has 4 heterocycles. The highest BCUT2D eigenvalue weighted by Gasteiger charge is 2.18. The van der Waals surface area contributed by atoms with E-state index in [0.29, 0.717) is 35.4 Å². The van der Waals surface area contributed by atoms with Crippen molar-refractivity contribution in [2.24, 2.45) is 0 Å². The number of Topliss-reactive ketones (excluding diaryl/α,β-unsaturated/α-hetero) is 1. The lowest BCUT2D eigenvalue weighted by atomic mass is 10.2. The molecule has 0 fully saturated rings. The number of anilines is 2. The number of nitrogens with two attached hydrogens (primary N) is 2. The van der Waals surface area contributed by atoms with E-state index in [1.165, 1.54) is 9.13 Å². The Morgan fingerprint density at radius 3 is 1.74 bits per heavy atom. The van der Waals surface area contributed by atoms with Crippen molar-refractivity contribution in [1.82, 2.24) is 39.0 Å². The summed E-state index contributed by atoms with van der Waals surface area (Å²) in [5.74, 6) is -0.168. The van der Waals surface area contributed by atoms with Crippen LogP contribution in [0.25, 0.3) is 22.3 Å². The number of aromatic nitrogens is 8. The lowest BCUT2D eigenvalue weighted by molar-refractivity contribution is -0.142. The Kier molecular flexibility index (Phi) is 9.31. The molecule has 2 aromatic carbocycles. The molecule has 0 saturated heterocycles. The monoisotopic (exact) mass is 624 g/mol. The van der Waals surface area contributed by atoms with Crippen LogP contribution in [0.5, 0.6) is 0 Å². The number of nitrogens with one attached hydrogen (secondary N) is 2. The lowest BCUT2D eigenvalue weighted by Gasteiger charge is -2.06. The minimum Gasteiger partial charge on any atom is -0.466 e. The normalized spacial score (nSPS) is 10.9. The lowest BCUT2D eigenvalue weighted by Crippen LogP contribution is -2.18. The first-order valence-electron chi connectivity index (χ1n) is 14.5. The van der Waals surface area contributed by atoms with Crippen LogP contribution in [0.3, 0.4) is 0 Å². The number of fused-ring (bicyclic) bond motifs is 2. The summed E-state index contributed by atoms with van der Waals surface area (Å²) in [6.45, 7) is 4.41. The van der Waals surface area contributed by atoms with Gasteiger partial charge in [0.2, 0.25) is 0 Å². The van der Waals surface area contributed by atoms with E-state index in [9.17, 15) is 19.2 Å². The second-order valence-electron chi connectivity index (χ2n) is 10.1. The van der Waals surface area contributed by atoms with Crippen LogP contribution in [0.15, 0.2) is 70.3 Å². The third-order valence-electron chi connectivity index (χ3n) is 6.89. The smallest absolute Gasteiger partial charge is 0.328 e. The second-order valence-corrected chi connectivity index (χ2v) is 10.1. The van der Waals surface area contributed by atoms with Crippen molar-refractivity contribution in [2.75, 3.05) is 18.1 Å². The van der Waals surface area contributed by atoms with Crippen LogP contribution in [-0.2, 0) is 29.0 Å². The average molecular weight is 625 g/mol. The van der Waals surface area contributed by atoms with Crippen LogP contribution >= 0.6 is 0 Å². The maximum Gasteiger partial charge on any atom is 0.328 e. The Hall–Kier alpha value is -6.12. The summed E-state index contributed by atoms with van der Waals surface area (Å²) in [7, 11) is 0. The van der Waals surface area contributed by atoms with Crippen molar-refractivity contribution in [3.8, 4) is 0 Å². The van der Waals surface area contributed by atoms with E-state index in [4.69, 9.17) is 16.2 Å². The Morgan fingerprint density at radius 1 is 0.739 bits per heavy atom. The zero-order valence-corrected chi connectivity index (χ0v) is 25.2. The molecule has 0 unspecified atom stereocenters. The third-order valence-corrected chi connectivity index (χ3v) is 6.89. The highest BCUT2D eigenvalue weighted by molar-refractivity contribution is 5.95. The van der Waals surface area contributed by atoms with Crippen molar-refractivity contribution < 1.29 is 14.3 Å². The number of carbonyl (C=O) groups is 2. The molecule has 46 heavy (non-hydrogen) atoms. The molecule has 0 amide bonds. The molecular formula is C31H32N10O5. The van der Waals surface area contributed by atoms with Crippen molar-refractivity contribution in [2.45, 2.75) is 39.8 Å². The maximum absolute atomic E-state index is 12.2. The molecule has 0 bridgehead atoms. The molecule has 4 aromatic heterocycles.